The summed E-state index contributed by atoms with van der Waals surface area (Å²) in [4.78, 5) is 25.1. The minimum atomic E-state index is -0.790. The molecule has 0 heterocycles. The second-order valence-corrected chi connectivity index (χ2v) is 9.27. The molecule has 0 amide bonds. The molecule has 0 radical (unpaired) electrons. The molecule has 0 aromatic heterocycles. The zero-order valence-electron chi connectivity index (χ0n) is 16.2. The summed E-state index contributed by atoms with van der Waals surface area (Å²) in [5, 5.41) is 9.88. The third-order valence-corrected chi connectivity index (χ3v) is 7.93. The molecule has 3 aliphatic carbocycles. The first-order valence-electron chi connectivity index (χ1n) is 9.65. The van der Waals surface area contributed by atoms with Gasteiger partial charge in [-0.05, 0) is 67.4 Å². The number of carboxylic acid groups (broad SMARTS) is 1. The molecule has 2 fully saturated rings. The first-order valence-corrected chi connectivity index (χ1v) is 9.65. The van der Waals surface area contributed by atoms with Crippen LogP contribution in [0.1, 0.15) is 66.2 Å². The Morgan fingerprint density at radius 3 is 2.52 bits per heavy atom. The van der Waals surface area contributed by atoms with E-state index in [0.717, 1.165) is 31.3 Å². The monoisotopic (exact) mass is 348 g/mol. The van der Waals surface area contributed by atoms with E-state index in [1.54, 1.807) is 7.11 Å². The van der Waals surface area contributed by atoms with E-state index in [1.165, 1.54) is 0 Å². The van der Waals surface area contributed by atoms with Crippen LogP contribution in [0.5, 0.6) is 0 Å². The molecule has 0 spiro atoms. The van der Waals surface area contributed by atoms with Gasteiger partial charge < -0.3 is 9.84 Å². The maximum absolute atomic E-state index is 13.0. The fourth-order valence-corrected chi connectivity index (χ4v) is 6.12. The van der Waals surface area contributed by atoms with Crippen LogP contribution >= 0.6 is 0 Å². The van der Waals surface area contributed by atoms with Crippen LogP contribution in [0.15, 0.2) is 11.6 Å². The molecule has 3 aliphatic rings. The minimum absolute atomic E-state index is 0.0741. The van der Waals surface area contributed by atoms with Crippen molar-refractivity contribution in [3.63, 3.8) is 0 Å². The first-order chi connectivity index (χ1) is 11.6. The van der Waals surface area contributed by atoms with Gasteiger partial charge in [0.05, 0.1) is 11.0 Å². The molecular weight excluding hydrogens is 316 g/mol. The van der Waals surface area contributed by atoms with Crippen LogP contribution in [0, 0.1) is 28.6 Å². The highest BCUT2D eigenvalue weighted by molar-refractivity contribution is 5.98. The Hall–Kier alpha value is -1.16. The number of carbonyl (C=O) groups excluding carboxylic acids is 1. The van der Waals surface area contributed by atoms with Gasteiger partial charge in [0.1, 0.15) is 0 Å². The van der Waals surface area contributed by atoms with Crippen molar-refractivity contribution in [2.24, 2.45) is 28.6 Å². The van der Waals surface area contributed by atoms with Crippen molar-refractivity contribution in [1.29, 1.82) is 0 Å². The number of hydrogen-bond donors (Lipinski definition) is 1. The van der Waals surface area contributed by atoms with Crippen molar-refractivity contribution >= 4 is 11.8 Å². The Morgan fingerprint density at radius 2 is 1.96 bits per heavy atom. The van der Waals surface area contributed by atoms with Crippen LogP contribution in [0.3, 0.4) is 0 Å². The summed E-state index contributed by atoms with van der Waals surface area (Å²) in [6, 6.07) is 0. The zero-order valence-corrected chi connectivity index (χ0v) is 16.2. The van der Waals surface area contributed by atoms with Gasteiger partial charge in [0.2, 0.25) is 0 Å². The van der Waals surface area contributed by atoms with Crippen LogP contribution in [-0.4, -0.2) is 29.6 Å². The Kier molecular flexibility index (Phi) is 4.42. The Bertz CT molecular complexity index is 621. The summed E-state index contributed by atoms with van der Waals surface area (Å²) in [6.07, 6.45) is 6.88. The Morgan fingerprint density at radius 1 is 1.28 bits per heavy atom. The van der Waals surface area contributed by atoms with Gasteiger partial charge in [-0.2, -0.15) is 0 Å². The Balaban J connectivity index is 2.06. The number of allylic oxidation sites excluding steroid dienone is 1. The summed E-state index contributed by atoms with van der Waals surface area (Å²) in [5.41, 5.74) is -0.352. The van der Waals surface area contributed by atoms with Gasteiger partial charge in [0.25, 0.3) is 0 Å². The molecule has 0 bridgehead atoms. The molecule has 140 valence electrons. The summed E-state index contributed by atoms with van der Waals surface area (Å²) in [6.45, 7) is 8.37. The molecule has 0 aliphatic heterocycles. The summed E-state index contributed by atoms with van der Waals surface area (Å²) >= 11 is 0. The molecule has 0 aromatic rings. The topological polar surface area (TPSA) is 63.6 Å². The van der Waals surface area contributed by atoms with Crippen molar-refractivity contribution in [2.75, 3.05) is 7.11 Å². The van der Waals surface area contributed by atoms with E-state index >= 15 is 0 Å². The molecule has 25 heavy (non-hydrogen) atoms. The number of Topliss-reactive ketones (excluding diaryl/α,β-unsaturated/α-hetero) is 1. The van der Waals surface area contributed by atoms with Crippen LogP contribution in [0.25, 0.3) is 0 Å². The summed E-state index contributed by atoms with van der Waals surface area (Å²) in [7, 11) is 1.73. The molecule has 2 saturated carbocycles. The quantitative estimate of drug-likeness (QED) is 0.829. The van der Waals surface area contributed by atoms with E-state index in [2.05, 4.69) is 26.8 Å². The highest BCUT2D eigenvalue weighted by atomic mass is 16.5. The highest BCUT2D eigenvalue weighted by Crippen LogP contribution is 2.63. The van der Waals surface area contributed by atoms with Crippen molar-refractivity contribution in [3.05, 3.63) is 11.6 Å². The molecule has 5 atom stereocenters. The van der Waals surface area contributed by atoms with E-state index in [4.69, 9.17) is 4.74 Å². The van der Waals surface area contributed by atoms with Gasteiger partial charge >= 0.3 is 5.97 Å². The van der Waals surface area contributed by atoms with Gasteiger partial charge in [-0.1, -0.05) is 27.2 Å². The SMILES string of the molecule is CO[C@]1(C(C)C)C=C2C(=O)C[C@@H]3[C@](C)(CCC[C@@]3(C)C(=O)O)[C@H]2CC1. The number of aliphatic carboxylic acids is 1. The number of hydrogen-bond acceptors (Lipinski definition) is 3. The largest absolute Gasteiger partial charge is 0.481 e. The number of rotatable bonds is 3. The van der Waals surface area contributed by atoms with Crippen molar-refractivity contribution < 1.29 is 19.4 Å². The lowest BCUT2D eigenvalue weighted by atomic mass is 9.45. The molecule has 4 heteroatoms. The normalized spacial score (nSPS) is 44.1. The number of fused-ring (bicyclic) bond motifs is 3. The van der Waals surface area contributed by atoms with Crippen LogP contribution < -0.4 is 0 Å². The van der Waals surface area contributed by atoms with E-state index in [0.29, 0.717) is 18.8 Å². The number of carboxylic acids is 1. The lowest BCUT2D eigenvalue weighted by Gasteiger charge is -2.58. The van der Waals surface area contributed by atoms with E-state index < -0.39 is 11.4 Å². The van der Waals surface area contributed by atoms with Crippen LogP contribution in [0.4, 0.5) is 0 Å². The van der Waals surface area contributed by atoms with E-state index in [9.17, 15) is 14.7 Å². The smallest absolute Gasteiger partial charge is 0.309 e. The van der Waals surface area contributed by atoms with Crippen molar-refractivity contribution in [1.82, 2.24) is 0 Å². The number of ketones is 1. The summed E-state index contributed by atoms with van der Waals surface area (Å²) in [5.74, 6) is -0.203. The van der Waals surface area contributed by atoms with Gasteiger partial charge in [-0.25, -0.2) is 0 Å². The van der Waals surface area contributed by atoms with Gasteiger partial charge in [0, 0.05) is 13.5 Å². The zero-order chi connectivity index (χ0) is 18.6. The maximum Gasteiger partial charge on any atom is 0.309 e. The minimum Gasteiger partial charge on any atom is -0.481 e. The van der Waals surface area contributed by atoms with Crippen LogP contribution in [-0.2, 0) is 14.3 Å². The van der Waals surface area contributed by atoms with Crippen molar-refractivity contribution in [2.45, 2.75) is 71.8 Å². The Labute approximate surface area is 151 Å². The lowest BCUT2D eigenvalue weighted by molar-refractivity contribution is -0.166. The molecule has 1 N–H and O–H groups in total. The van der Waals surface area contributed by atoms with Gasteiger partial charge in [-0.3, -0.25) is 9.59 Å². The van der Waals surface area contributed by atoms with Gasteiger partial charge in [-0.15, -0.1) is 0 Å². The fourth-order valence-electron chi connectivity index (χ4n) is 6.12. The number of methoxy groups -OCH3 is 1. The van der Waals surface area contributed by atoms with Crippen molar-refractivity contribution in [3.8, 4) is 0 Å². The second kappa shape index (κ2) is 5.94. The lowest BCUT2D eigenvalue weighted by Crippen LogP contribution is -2.57. The molecule has 0 saturated heterocycles. The molecule has 0 unspecified atom stereocenters. The predicted octanol–water partition coefficient (Wildman–Crippen LogP) is 4.23. The average Bonchev–Trinajstić information content (AvgIpc) is 2.56. The standard InChI is InChI=1S/C21H32O4/c1-13(2)21(25-5)10-7-15-14(12-21)16(22)11-17-19(15,3)8-6-9-20(17,4)18(23)24/h12-13,15,17H,6-11H2,1-5H3,(H,23,24)/t15-,17+,19+,20+,21-/m0/s1. The number of ether oxygens (including phenoxy) is 1. The fraction of sp³-hybridized carbons (Fsp3) is 0.810. The first kappa shape index (κ1) is 18.6. The third kappa shape index (κ3) is 2.51. The average molecular weight is 348 g/mol. The summed E-state index contributed by atoms with van der Waals surface area (Å²) < 4.78 is 5.86. The van der Waals surface area contributed by atoms with Gasteiger partial charge in [0.15, 0.2) is 5.78 Å². The highest BCUT2D eigenvalue weighted by Gasteiger charge is 2.60. The maximum atomic E-state index is 13.0. The molecule has 0 aromatic carbocycles. The predicted molar refractivity (Wildman–Crippen MR) is 96.2 cm³/mol. The molecule has 3 rings (SSSR count). The van der Waals surface area contributed by atoms with E-state index in [1.807, 2.05) is 6.92 Å². The van der Waals surface area contributed by atoms with Crippen LogP contribution in [0.2, 0.25) is 0 Å². The van der Waals surface area contributed by atoms with E-state index in [-0.39, 0.29) is 28.6 Å². The number of carbonyl (C=O) groups is 2. The second-order valence-electron chi connectivity index (χ2n) is 9.27. The molecule has 4 nitrogen and oxygen atoms in total. The third-order valence-electron chi connectivity index (χ3n) is 7.93. The molecular formula is C21H32O4.